The van der Waals surface area contributed by atoms with Crippen LogP contribution in [-0.2, 0) is 16.1 Å². The minimum atomic E-state index is -0.300. The standard InChI is InChI=1S/C20H21FN2O2/c1-23-18(24)12-11-17(19(23)15-5-3-2-4-6-15)20(25)22-13-14-7-9-16(21)10-8-14/h2-10,17,19H,11-13H2,1H3,(H,22,25)/t17-,19-/m0/s1. The number of likely N-dealkylation sites (tertiary alicyclic amines) is 1. The van der Waals surface area contributed by atoms with E-state index in [9.17, 15) is 14.0 Å². The molecule has 25 heavy (non-hydrogen) atoms. The molecule has 1 saturated heterocycles. The summed E-state index contributed by atoms with van der Waals surface area (Å²) in [6.45, 7) is 0.342. The summed E-state index contributed by atoms with van der Waals surface area (Å²) in [5.41, 5.74) is 1.80. The fourth-order valence-corrected chi connectivity index (χ4v) is 3.34. The van der Waals surface area contributed by atoms with Crippen molar-refractivity contribution in [1.29, 1.82) is 0 Å². The van der Waals surface area contributed by atoms with Crippen molar-refractivity contribution in [2.24, 2.45) is 5.92 Å². The van der Waals surface area contributed by atoms with Gasteiger partial charge in [-0.2, -0.15) is 0 Å². The van der Waals surface area contributed by atoms with E-state index in [1.54, 1.807) is 24.1 Å². The molecule has 1 fully saturated rings. The summed E-state index contributed by atoms with van der Waals surface area (Å²) in [5.74, 6) is -0.633. The number of piperidine rings is 1. The number of rotatable bonds is 4. The van der Waals surface area contributed by atoms with E-state index in [-0.39, 0.29) is 29.6 Å². The molecule has 0 aromatic heterocycles. The Morgan fingerprint density at radius 3 is 2.52 bits per heavy atom. The molecular formula is C20H21FN2O2. The van der Waals surface area contributed by atoms with Crippen LogP contribution in [0.25, 0.3) is 0 Å². The number of amides is 2. The first kappa shape index (κ1) is 17.1. The van der Waals surface area contributed by atoms with Gasteiger partial charge in [-0.1, -0.05) is 42.5 Å². The number of carbonyl (C=O) groups is 2. The van der Waals surface area contributed by atoms with Crippen LogP contribution in [0.3, 0.4) is 0 Å². The second kappa shape index (κ2) is 7.47. The van der Waals surface area contributed by atoms with E-state index in [1.807, 2.05) is 30.3 Å². The monoisotopic (exact) mass is 340 g/mol. The molecule has 5 heteroatoms. The fourth-order valence-electron chi connectivity index (χ4n) is 3.34. The zero-order chi connectivity index (χ0) is 17.8. The number of hydrogen-bond acceptors (Lipinski definition) is 2. The first-order chi connectivity index (χ1) is 12.1. The molecule has 1 heterocycles. The van der Waals surface area contributed by atoms with Crippen molar-refractivity contribution in [3.63, 3.8) is 0 Å². The third kappa shape index (κ3) is 3.87. The molecular weight excluding hydrogens is 319 g/mol. The van der Waals surface area contributed by atoms with Gasteiger partial charge in [0.05, 0.1) is 12.0 Å². The molecule has 0 spiro atoms. The largest absolute Gasteiger partial charge is 0.352 e. The Bertz CT molecular complexity index is 746. The van der Waals surface area contributed by atoms with Gasteiger partial charge in [-0.25, -0.2) is 4.39 Å². The maximum absolute atomic E-state index is 13.0. The van der Waals surface area contributed by atoms with Gasteiger partial charge in [0.2, 0.25) is 11.8 Å². The topological polar surface area (TPSA) is 49.4 Å². The van der Waals surface area contributed by atoms with Gasteiger partial charge in [0.1, 0.15) is 5.82 Å². The highest BCUT2D eigenvalue weighted by Gasteiger charge is 2.38. The Morgan fingerprint density at radius 2 is 1.84 bits per heavy atom. The number of hydrogen-bond donors (Lipinski definition) is 1. The predicted octanol–water partition coefficient (Wildman–Crippen LogP) is 3.05. The molecule has 1 N–H and O–H groups in total. The van der Waals surface area contributed by atoms with Gasteiger partial charge in [-0.15, -0.1) is 0 Å². The molecule has 0 saturated carbocycles. The summed E-state index contributed by atoms with van der Waals surface area (Å²) in [5, 5.41) is 2.92. The molecule has 2 aromatic carbocycles. The summed E-state index contributed by atoms with van der Waals surface area (Å²) >= 11 is 0. The summed E-state index contributed by atoms with van der Waals surface area (Å²) in [4.78, 5) is 26.5. The van der Waals surface area contributed by atoms with E-state index in [0.29, 0.717) is 19.4 Å². The SMILES string of the molecule is CN1C(=O)CC[C@H](C(=O)NCc2ccc(F)cc2)[C@@H]1c1ccccc1. The van der Waals surface area contributed by atoms with Crippen molar-refractivity contribution in [2.75, 3.05) is 7.05 Å². The van der Waals surface area contributed by atoms with Gasteiger partial charge >= 0.3 is 0 Å². The summed E-state index contributed by atoms with van der Waals surface area (Å²) in [6.07, 6.45) is 0.895. The van der Waals surface area contributed by atoms with E-state index in [4.69, 9.17) is 0 Å². The first-order valence-corrected chi connectivity index (χ1v) is 8.39. The molecule has 0 unspecified atom stereocenters. The number of halogens is 1. The Morgan fingerprint density at radius 1 is 1.16 bits per heavy atom. The Hall–Kier alpha value is -2.69. The van der Waals surface area contributed by atoms with Crippen LogP contribution in [-0.4, -0.2) is 23.8 Å². The lowest BCUT2D eigenvalue weighted by Crippen LogP contribution is -2.46. The first-order valence-electron chi connectivity index (χ1n) is 8.39. The average molecular weight is 340 g/mol. The number of carbonyl (C=O) groups excluding carboxylic acids is 2. The van der Waals surface area contributed by atoms with Crippen LogP contribution in [0.1, 0.15) is 30.0 Å². The molecule has 0 bridgehead atoms. The quantitative estimate of drug-likeness (QED) is 0.930. The van der Waals surface area contributed by atoms with Crippen LogP contribution >= 0.6 is 0 Å². The summed E-state index contributed by atoms with van der Waals surface area (Å²) in [6, 6.07) is 15.4. The Balaban J connectivity index is 1.74. The van der Waals surface area contributed by atoms with E-state index in [0.717, 1.165) is 11.1 Å². The van der Waals surface area contributed by atoms with Crippen molar-refractivity contribution >= 4 is 11.8 Å². The van der Waals surface area contributed by atoms with Gasteiger partial charge < -0.3 is 10.2 Å². The number of nitrogens with zero attached hydrogens (tertiary/aromatic N) is 1. The van der Waals surface area contributed by atoms with Crippen molar-refractivity contribution in [2.45, 2.75) is 25.4 Å². The highest BCUT2D eigenvalue weighted by atomic mass is 19.1. The lowest BCUT2D eigenvalue weighted by molar-refractivity contribution is -0.141. The minimum absolute atomic E-state index is 0.0523. The molecule has 0 radical (unpaired) electrons. The van der Waals surface area contributed by atoms with Crippen LogP contribution in [0.4, 0.5) is 4.39 Å². The second-order valence-electron chi connectivity index (χ2n) is 6.35. The van der Waals surface area contributed by atoms with E-state index in [1.165, 1.54) is 12.1 Å². The molecule has 3 rings (SSSR count). The summed E-state index contributed by atoms with van der Waals surface area (Å²) < 4.78 is 13.0. The summed E-state index contributed by atoms with van der Waals surface area (Å²) in [7, 11) is 1.75. The highest BCUT2D eigenvalue weighted by molar-refractivity contribution is 5.84. The zero-order valence-corrected chi connectivity index (χ0v) is 14.1. The lowest BCUT2D eigenvalue weighted by atomic mass is 9.84. The van der Waals surface area contributed by atoms with E-state index in [2.05, 4.69) is 5.32 Å². The maximum Gasteiger partial charge on any atom is 0.225 e. The van der Waals surface area contributed by atoms with Crippen LogP contribution < -0.4 is 5.32 Å². The predicted molar refractivity (Wildman–Crippen MR) is 92.9 cm³/mol. The molecule has 2 amide bonds. The van der Waals surface area contributed by atoms with Crippen molar-refractivity contribution < 1.29 is 14.0 Å². The van der Waals surface area contributed by atoms with Gasteiger partial charge in [0.25, 0.3) is 0 Å². The molecule has 2 atom stereocenters. The molecule has 1 aliphatic rings. The normalized spacial score (nSPS) is 20.4. The van der Waals surface area contributed by atoms with E-state index < -0.39 is 0 Å². The zero-order valence-electron chi connectivity index (χ0n) is 14.1. The average Bonchev–Trinajstić information content (AvgIpc) is 2.64. The van der Waals surface area contributed by atoms with Crippen molar-refractivity contribution in [1.82, 2.24) is 10.2 Å². The number of benzene rings is 2. The minimum Gasteiger partial charge on any atom is -0.352 e. The van der Waals surface area contributed by atoms with Crippen LogP contribution in [0.15, 0.2) is 54.6 Å². The van der Waals surface area contributed by atoms with Gasteiger partial charge in [-0.05, 0) is 29.7 Å². The van der Waals surface area contributed by atoms with Gasteiger partial charge in [0.15, 0.2) is 0 Å². The van der Waals surface area contributed by atoms with E-state index >= 15 is 0 Å². The van der Waals surface area contributed by atoms with Crippen LogP contribution in [0, 0.1) is 11.7 Å². The molecule has 2 aromatic rings. The molecule has 0 aliphatic carbocycles. The van der Waals surface area contributed by atoms with Crippen LogP contribution in [0.2, 0.25) is 0 Å². The smallest absolute Gasteiger partial charge is 0.225 e. The second-order valence-corrected chi connectivity index (χ2v) is 6.35. The molecule has 130 valence electrons. The van der Waals surface area contributed by atoms with Crippen molar-refractivity contribution in [3.8, 4) is 0 Å². The molecule has 4 nitrogen and oxygen atoms in total. The Kier molecular flexibility index (Phi) is 5.12. The highest BCUT2D eigenvalue weighted by Crippen LogP contribution is 2.35. The van der Waals surface area contributed by atoms with Crippen LogP contribution in [0.5, 0.6) is 0 Å². The van der Waals surface area contributed by atoms with Gasteiger partial charge in [-0.3, -0.25) is 9.59 Å². The maximum atomic E-state index is 13.0. The van der Waals surface area contributed by atoms with Crippen molar-refractivity contribution in [3.05, 3.63) is 71.5 Å². The third-order valence-corrected chi connectivity index (χ3v) is 4.72. The molecule has 1 aliphatic heterocycles. The lowest BCUT2D eigenvalue weighted by Gasteiger charge is -2.38. The third-order valence-electron chi connectivity index (χ3n) is 4.72. The number of nitrogens with one attached hydrogen (secondary N) is 1. The fraction of sp³-hybridized carbons (Fsp3) is 0.300. The van der Waals surface area contributed by atoms with Gasteiger partial charge in [0, 0.05) is 20.0 Å². The Labute approximate surface area is 146 Å².